The summed E-state index contributed by atoms with van der Waals surface area (Å²) in [6, 6.07) is 31.8. The molecule has 0 fully saturated rings. The highest BCUT2D eigenvalue weighted by Crippen LogP contribution is 2.35. The van der Waals surface area contributed by atoms with Crippen LogP contribution in [0.15, 0.2) is 109 Å². The molecule has 0 bridgehead atoms. The Labute approximate surface area is 237 Å². The molecule has 0 aliphatic rings. The number of nitrogen functional groups attached to an aromatic ring is 1. The fourth-order valence-corrected chi connectivity index (χ4v) is 4.96. The Balaban J connectivity index is 1.64. The Morgan fingerprint density at radius 1 is 0.756 bits per heavy atom. The van der Waals surface area contributed by atoms with Gasteiger partial charge in [-0.2, -0.15) is 0 Å². The van der Waals surface area contributed by atoms with Gasteiger partial charge in [0.15, 0.2) is 0 Å². The van der Waals surface area contributed by atoms with Crippen LogP contribution in [-0.4, -0.2) is 41.0 Å². The van der Waals surface area contributed by atoms with Gasteiger partial charge in [0.2, 0.25) is 5.91 Å². The normalized spacial score (nSPS) is 11.7. The fraction of sp³-hybridized carbons (Fsp3) is 0.0909. The number of hydrogen-bond donors (Lipinski definition) is 3. The van der Waals surface area contributed by atoms with E-state index in [-0.39, 0.29) is 11.4 Å². The van der Waals surface area contributed by atoms with E-state index in [0.717, 1.165) is 26.4 Å². The number of hydrogen-bond acceptors (Lipinski definition) is 5. The van der Waals surface area contributed by atoms with E-state index in [0.29, 0.717) is 16.9 Å². The predicted molar refractivity (Wildman–Crippen MR) is 162 cm³/mol. The Morgan fingerprint density at radius 2 is 1.39 bits per heavy atom. The highest BCUT2D eigenvalue weighted by Gasteiger charge is 2.35. The first-order valence-electron chi connectivity index (χ1n) is 13.1. The van der Waals surface area contributed by atoms with Crippen molar-refractivity contribution in [2.24, 2.45) is 11.5 Å². The molecule has 3 amide bonds. The summed E-state index contributed by atoms with van der Waals surface area (Å²) in [5.41, 5.74) is 13.0. The monoisotopic (exact) mass is 543 g/mol. The first kappa shape index (κ1) is 27.2. The minimum absolute atomic E-state index is 0.113. The Hall–Kier alpha value is -5.34. The van der Waals surface area contributed by atoms with Crippen molar-refractivity contribution < 1.29 is 14.4 Å². The van der Waals surface area contributed by atoms with Gasteiger partial charge in [0, 0.05) is 22.2 Å². The molecule has 0 radical (unpaired) electrons. The molecule has 0 saturated heterocycles. The van der Waals surface area contributed by atoms with Crippen LogP contribution in [0.5, 0.6) is 0 Å². The second-order valence-electron chi connectivity index (χ2n) is 9.65. The summed E-state index contributed by atoms with van der Waals surface area (Å²) in [4.78, 5) is 43.8. The number of carbonyl (C=O) groups excluding carboxylic acids is 3. The van der Waals surface area contributed by atoms with Crippen molar-refractivity contribution in [3.05, 3.63) is 120 Å². The van der Waals surface area contributed by atoms with Gasteiger partial charge < -0.3 is 11.5 Å². The highest BCUT2D eigenvalue weighted by atomic mass is 16.2. The van der Waals surface area contributed by atoms with Crippen LogP contribution < -0.4 is 16.4 Å². The number of rotatable bonds is 7. The molecular weight excluding hydrogens is 514 g/mol. The Bertz CT molecular complexity index is 1810. The number of fused-ring (bicyclic) bond motifs is 2. The third kappa shape index (κ3) is 5.28. The number of carbonyl (C=O) groups is 3. The smallest absolute Gasteiger partial charge is 0.261 e. The van der Waals surface area contributed by atoms with Crippen LogP contribution in [0.1, 0.15) is 22.8 Å². The van der Waals surface area contributed by atoms with Crippen molar-refractivity contribution in [1.82, 2.24) is 4.90 Å². The highest BCUT2D eigenvalue weighted by molar-refractivity contribution is 6.15. The van der Waals surface area contributed by atoms with Crippen LogP contribution in [0.4, 0.5) is 11.4 Å². The molecule has 0 saturated carbocycles. The van der Waals surface area contributed by atoms with Gasteiger partial charge in [-0.1, -0.05) is 78.9 Å². The van der Waals surface area contributed by atoms with Gasteiger partial charge in [0.1, 0.15) is 11.9 Å². The van der Waals surface area contributed by atoms with E-state index >= 15 is 0 Å². The second kappa shape index (κ2) is 11.4. The third-order valence-electron chi connectivity index (χ3n) is 7.05. The molecule has 0 spiro atoms. The largest absolute Gasteiger partial charge is 0.384 e. The van der Waals surface area contributed by atoms with Crippen LogP contribution in [-0.2, 0) is 9.59 Å². The van der Waals surface area contributed by atoms with E-state index < -0.39 is 30.3 Å². The SMILES string of the molecule is C[C@@H](C(=O)N(c1ccc2ccccc2c1)c1cccc2ccccc12)N(C(=O)CN)C(=O)c1cccc(C(=N)N)c1. The van der Waals surface area contributed by atoms with Crippen LogP contribution >= 0.6 is 0 Å². The van der Waals surface area contributed by atoms with Crippen molar-refractivity contribution in [3.8, 4) is 0 Å². The van der Waals surface area contributed by atoms with Crippen molar-refractivity contribution in [2.75, 3.05) is 11.4 Å². The number of imide groups is 1. The second-order valence-corrected chi connectivity index (χ2v) is 9.65. The molecule has 41 heavy (non-hydrogen) atoms. The molecule has 5 N–H and O–H groups in total. The van der Waals surface area contributed by atoms with E-state index in [4.69, 9.17) is 16.9 Å². The maximum atomic E-state index is 14.5. The Kier molecular flexibility index (Phi) is 7.58. The van der Waals surface area contributed by atoms with Crippen LogP contribution in [0.3, 0.4) is 0 Å². The molecule has 5 aromatic rings. The van der Waals surface area contributed by atoms with Gasteiger partial charge in [-0.05, 0) is 53.4 Å². The van der Waals surface area contributed by atoms with Gasteiger partial charge >= 0.3 is 0 Å². The molecular formula is C33H29N5O3. The molecule has 8 nitrogen and oxygen atoms in total. The Morgan fingerprint density at radius 3 is 2.12 bits per heavy atom. The number of nitrogens with zero attached hydrogens (tertiary/aromatic N) is 2. The maximum Gasteiger partial charge on any atom is 0.261 e. The summed E-state index contributed by atoms with van der Waals surface area (Å²) >= 11 is 0. The molecule has 5 aromatic carbocycles. The molecule has 5 rings (SSSR count). The third-order valence-corrected chi connectivity index (χ3v) is 7.05. The number of nitrogens with one attached hydrogen (secondary N) is 1. The van der Waals surface area contributed by atoms with Crippen LogP contribution in [0.25, 0.3) is 21.5 Å². The van der Waals surface area contributed by atoms with Crippen LogP contribution in [0.2, 0.25) is 0 Å². The van der Waals surface area contributed by atoms with E-state index in [1.807, 2.05) is 84.9 Å². The minimum Gasteiger partial charge on any atom is -0.384 e. The summed E-state index contributed by atoms with van der Waals surface area (Å²) in [6.07, 6.45) is 0. The summed E-state index contributed by atoms with van der Waals surface area (Å²) in [6.45, 7) is 1.04. The lowest BCUT2D eigenvalue weighted by Gasteiger charge is -2.32. The number of amides is 3. The lowest BCUT2D eigenvalue weighted by molar-refractivity contribution is -0.134. The zero-order chi connectivity index (χ0) is 29.1. The quantitative estimate of drug-likeness (QED) is 0.197. The lowest BCUT2D eigenvalue weighted by Crippen LogP contribution is -2.53. The van der Waals surface area contributed by atoms with Crippen LogP contribution in [0, 0.1) is 5.41 Å². The number of benzene rings is 5. The van der Waals surface area contributed by atoms with E-state index in [1.54, 1.807) is 17.0 Å². The van der Waals surface area contributed by atoms with Crippen molar-refractivity contribution >= 4 is 56.5 Å². The summed E-state index contributed by atoms with van der Waals surface area (Å²) in [5, 5.41) is 11.4. The van der Waals surface area contributed by atoms with Gasteiger partial charge in [0.05, 0.1) is 12.2 Å². The first-order chi connectivity index (χ1) is 19.8. The minimum atomic E-state index is -1.22. The zero-order valence-corrected chi connectivity index (χ0v) is 22.5. The molecule has 1 atom stereocenters. The van der Waals surface area contributed by atoms with E-state index in [9.17, 15) is 14.4 Å². The van der Waals surface area contributed by atoms with E-state index in [2.05, 4.69) is 0 Å². The van der Waals surface area contributed by atoms with Gasteiger partial charge in [-0.3, -0.25) is 29.6 Å². The predicted octanol–water partition coefficient (Wildman–Crippen LogP) is 4.96. The van der Waals surface area contributed by atoms with Gasteiger partial charge in [-0.15, -0.1) is 0 Å². The molecule has 0 aromatic heterocycles. The molecule has 0 aliphatic carbocycles. The summed E-state index contributed by atoms with van der Waals surface area (Å²) in [5.74, 6) is -2.13. The summed E-state index contributed by atoms with van der Waals surface area (Å²) in [7, 11) is 0. The molecule has 0 unspecified atom stereocenters. The van der Waals surface area contributed by atoms with Crippen molar-refractivity contribution in [2.45, 2.75) is 13.0 Å². The molecule has 0 aliphatic heterocycles. The molecule has 204 valence electrons. The first-order valence-corrected chi connectivity index (χ1v) is 13.1. The average molecular weight is 544 g/mol. The average Bonchev–Trinajstić information content (AvgIpc) is 3.01. The summed E-state index contributed by atoms with van der Waals surface area (Å²) < 4.78 is 0. The molecule has 0 heterocycles. The standard InChI is InChI=1S/C33H29N5O3/c1-21(37(30(39)20-34)33(41)26-13-6-12-25(18-26)31(35)36)32(40)38(27-17-16-22-8-2-3-10-24(22)19-27)29-15-7-11-23-9-4-5-14-28(23)29/h2-19,21H,20,34H2,1H3,(H3,35,36)/t21-/m0/s1. The topological polar surface area (TPSA) is 134 Å². The lowest BCUT2D eigenvalue weighted by atomic mass is 10.0. The van der Waals surface area contributed by atoms with Crippen molar-refractivity contribution in [3.63, 3.8) is 0 Å². The maximum absolute atomic E-state index is 14.5. The molecule has 8 heteroatoms. The number of anilines is 2. The van der Waals surface area contributed by atoms with Gasteiger partial charge in [0.25, 0.3) is 11.8 Å². The zero-order valence-electron chi connectivity index (χ0n) is 22.5. The number of nitrogens with two attached hydrogens (primary N) is 2. The van der Waals surface area contributed by atoms with Crippen molar-refractivity contribution in [1.29, 1.82) is 5.41 Å². The van der Waals surface area contributed by atoms with Gasteiger partial charge in [-0.25, -0.2) is 0 Å². The number of amidine groups is 1. The van der Waals surface area contributed by atoms with E-state index in [1.165, 1.54) is 19.1 Å². The fourth-order valence-electron chi connectivity index (χ4n) is 4.96.